The standard InChI is InChI=1S/C18H16ClN3O3/c1-12-9-14(7-8-15(12)19)24-11-16(23)20-10-17-21-18(22-25-17)13-5-3-2-4-6-13/h2-9H,10-11H2,1H3,(H,20,23). The second kappa shape index (κ2) is 7.81. The average Bonchev–Trinajstić information content (AvgIpc) is 3.11. The number of nitrogens with one attached hydrogen (secondary N) is 1. The summed E-state index contributed by atoms with van der Waals surface area (Å²) in [5, 5.41) is 7.22. The van der Waals surface area contributed by atoms with E-state index in [1.807, 2.05) is 37.3 Å². The van der Waals surface area contributed by atoms with Crippen molar-refractivity contribution in [2.75, 3.05) is 6.61 Å². The Kier molecular flexibility index (Phi) is 5.30. The predicted octanol–water partition coefficient (Wildman–Crippen LogP) is 3.39. The summed E-state index contributed by atoms with van der Waals surface area (Å²) in [5.41, 5.74) is 1.74. The number of nitrogens with zero attached hydrogens (tertiary/aromatic N) is 2. The Morgan fingerprint density at radius 2 is 2.04 bits per heavy atom. The van der Waals surface area contributed by atoms with Crippen LogP contribution in [0.25, 0.3) is 11.4 Å². The van der Waals surface area contributed by atoms with Crippen LogP contribution in [-0.2, 0) is 11.3 Å². The number of ether oxygens (including phenoxy) is 1. The third kappa shape index (κ3) is 4.58. The Balaban J connectivity index is 1.49. The molecule has 1 aromatic heterocycles. The second-order valence-corrected chi connectivity index (χ2v) is 5.76. The molecule has 1 N–H and O–H groups in total. The number of rotatable bonds is 6. The van der Waals surface area contributed by atoms with E-state index in [1.165, 1.54) is 0 Å². The van der Waals surface area contributed by atoms with Crippen molar-refractivity contribution >= 4 is 17.5 Å². The van der Waals surface area contributed by atoms with Gasteiger partial charge in [0.2, 0.25) is 11.7 Å². The summed E-state index contributed by atoms with van der Waals surface area (Å²) in [5.74, 6) is 1.11. The van der Waals surface area contributed by atoms with Gasteiger partial charge >= 0.3 is 0 Å². The fourth-order valence-corrected chi connectivity index (χ4v) is 2.23. The predicted molar refractivity (Wildman–Crippen MR) is 93.3 cm³/mol. The maximum atomic E-state index is 11.9. The maximum Gasteiger partial charge on any atom is 0.258 e. The number of hydrogen-bond donors (Lipinski definition) is 1. The Bertz CT molecular complexity index is 865. The van der Waals surface area contributed by atoms with Gasteiger partial charge in [0.1, 0.15) is 5.75 Å². The highest BCUT2D eigenvalue weighted by Crippen LogP contribution is 2.20. The number of carbonyl (C=O) groups is 1. The van der Waals surface area contributed by atoms with Gasteiger partial charge in [0.15, 0.2) is 6.61 Å². The van der Waals surface area contributed by atoms with Crippen molar-refractivity contribution < 1.29 is 14.1 Å². The SMILES string of the molecule is Cc1cc(OCC(=O)NCc2nc(-c3ccccc3)no2)ccc1Cl. The minimum absolute atomic E-state index is 0.110. The third-order valence-electron chi connectivity index (χ3n) is 3.44. The summed E-state index contributed by atoms with van der Waals surface area (Å²) in [6.45, 7) is 1.90. The maximum absolute atomic E-state index is 11.9. The number of carbonyl (C=O) groups excluding carboxylic acids is 1. The van der Waals surface area contributed by atoms with Crippen molar-refractivity contribution in [1.82, 2.24) is 15.5 Å². The van der Waals surface area contributed by atoms with Crippen LogP contribution >= 0.6 is 11.6 Å². The highest BCUT2D eigenvalue weighted by Gasteiger charge is 2.10. The lowest BCUT2D eigenvalue weighted by atomic mass is 10.2. The summed E-state index contributed by atoms with van der Waals surface area (Å²) in [7, 11) is 0. The minimum atomic E-state index is -0.285. The smallest absolute Gasteiger partial charge is 0.258 e. The minimum Gasteiger partial charge on any atom is -0.484 e. The molecular weight excluding hydrogens is 342 g/mol. The molecule has 0 radical (unpaired) electrons. The first-order chi connectivity index (χ1) is 12.1. The van der Waals surface area contributed by atoms with Gasteiger partial charge in [-0.15, -0.1) is 0 Å². The topological polar surface area (TPSA) is 77.2 Å². The van der Waals surface area contributed by atoms with Crippen molar-refractivity contribution in [3.05, 3.63) is 65.0 Å². The van der Waals surface area contributed by atoms with Crippen LogP contribution in [0, 0.1) is 6.92 Å². The number of aromatic nitrogens is 2. The molecule has 0 fully saturated rings. The first-order valence-electron chi connectivity index (χ1n) is 7.65. The molecule has 0 saturated heterocycles. The van der Waals surface area contributed by atoms with Gasteiger partial charge in [-0.25, -0.2) is 0 Å². The van der Waals surface area contributed by atoms with Crippen LogP contribution in [0.4, 0.5) is 0 Å². The Hall–Kier alpha value is -2.86. The van der Waals surface area contributed by atoms with Crippen LogP contribution in [0.1, 0.15) is 11.5 Å². The zero-order valence-electron chi connectivity index (χ0n) is 13.5. The molecule has 1 heterocycles. The van der Waals surface area contributed by atoms with Gasteiger partial charge < -0.3 is 14.6 Å². The molecule has 128 valence electrons. The third-order valence-corrected chi connectivity index (χ3v) is 3.86. The Morgan fingerprint density at radius 3 is 2.80 bits per heavy atom. The van der Waals surface area contributed by atoms with Crippen LogP contribution in [0.15, 0.2) is 53.1 Å². The molecule has 7 heteroatoms. The highest BCUT2D eigenvalue weighted by molar-refractivity contribution is 6.31. The summed E-state index contributed by atoms with van der Waals surface area (Å²) in [6.07, 6.45) is 0. The summed E-state index contributed by atoms with van der Waals surface area (Å²) >= 11 is 5.95. The molecule has 0 aliphatic carbocycles. The van der Waals surface area contributed by atoms with Crippen LogP contribution in [0.3, 0.4) is 0 Å². The lowest BCUT2D eigenvalue weighted by molar-refractivity contribution is -0.123. The van der Waals surface area contributed by atoms with Crippen molar-refractivity contribution in [2.45, 2.75) is 13.5 Å². The Morgan fingerprint density at radius 1 is 1.24 bits per heavy atom. The molecule has 0 spiro atoms. The van der Waals surface area contributed by atoms with Crippen molar-refractivity contribution in [2.24, 2.45) is 0 Å². The van der Waals surface area contributed by atoms with E-state index < -0.39 is 0 Å². The molecule has 0 saturated carbocycles. The first kappa shape index (κ1) is 17.0. The molecule has 0 aliphatic rings. The van der Waals surface area contributed by atoms with Gasteiger partial charge in [0.25, 0.3) is 5.91 Å². The van der Waals surface area contributed by atoms with E-state index in [0.717, 1.165) is 11.1 Å². The van der Waals surface area contributed by atoms with E-state index in [-0.39, 0.29) is 19.1 Å². The number of hydrogen-bond acceptors (Lipinski definition) is 5. The van der Waals surface area contributed by atoms with Gasteiger partial charge in [-0.05, 0) is 30.7 Å². The molecule has 6 nitrogen and oxygen atoms in total. The largest absolute Gasteiger partial charge is 0.484 e. The van der Waals surface area contributed by atoms with Gasteiger partial charge in [-0.1, -0.05) is 47.1 Å². The van der Waals surface area contributed by atoms with E-state index >= 15 is 0 Å². The molecule has 25 heavy (non-hydrogen) atoms. The molecular formula is C18H16ClN3O3. The molecule has 0 aliphatic heterocycles. The van der Waals surface area contributed by atoms with E-state index in [9.17, 15) is 4.79 Å². The Labute approximate surface area is 149 Å². The second-order valence-electron chi connectivity index (χ2n) is 5.35. The monoisotopic (exact) mass is 357 g/mol. The van der Waals surface area contributed by atoms with E-state index in [0.29, 0.717) is 22.5 Å². The van der Waals surface area contributed by atoms with Gasteiger partial charge in [-0.3, -0.25) is 4.79 Å². The molecule has 1 amide bonds. The number of benzene rings is 2. The zero-order valence-corrected chi connectivity index (χ0v) is 14.3. The number of aryl methyl sites for hydroxylation is 1. The van der Waals surface area contributed by atoms with Crippen LogP contribution in [0.5, 0.6) is 5.75 Å². The molecule has 0 bridgehead atoms. The first-order valence-corrected chi connectivity index (χ1v) is 8.03. The molecule has 3 aromatic rings. The van der Waals surface area contributed by atoms with E-state index in [4.69, 9.17) is 20.9 Å². The molecule has 3 rings (SSSR count). The van der Waals surface area contributed by atoms with Crippen LogP contribution in [0.2, 0.25) is 5.02 Å². The van der Waals surface area contributed by atoms with E-state index in [2.05, 4.69) is 15.5 Å². The van der Waals surface area contributed by atoms with Crippen molar-refractivity contribution in [1.29, 1.82) is 0 Å². The van der Waals surface area contributed by atoms with Gasteiger partial charge in [-0.2, -0.15) is 4.98 Å². The zero-order chi connectivity index (χ0) is 17.6. The quantitative estimate of drug-likeness (QED) is 0.731. The summed E-state index contributed by atoms with van der Waals surface area (Å²) in [6, 6.07) is 14.7. The number of halogens is 1. The fraction of sp³-hybridized carbons (Fsp3) is 0.167. The van der Waals surface area contributed by atoms with Crippen molar-refractivity contribution in [3.8, 4) is 17.1 Å². The van der Waals surface area contributed by atoms with Crippen LogP contribution < -0.4 is 10.1 Å². The summed E-state index contributed by atoms with van der Waals surface area (Å²) in [4.78, 5) is 16.1. The summed E-state index contributed by atoms with van der Waals surface area (Å²) < 4.78 is 10.6. The molecule has 0 unspecified atom stereocenters. The number of amides is 1. The van der Waals surface area contributed by atoms with Gasteiger partial charge in [0, 0.05) is 10.6 Å². The van der Waals surface area contributed by atoms with Crippen LogP contribution in [-0.4, -0.2) is 22.7 Å². The molecule has 0 atom stereocenters. The lowest BCUT2D eigenvalue weighted by Crippen LogP contribution is -2.28. The van der Waals surface area contributed by atoms with Crippen molar-refractivity contribution in [3.63, 3.8) is 0 Å². The lowest BCUT2D eigenvalue weighted by Gasteiger charge is -2.07. The highest BCUT2D eigenvalue weighted by atomic mass is 35.5. The molecule has 2 aromatic carbocycles. The average molecular weight is 358 g/mol. The van der Waals surface area contributed by atoms with Gasteiger partial charge in [0.05, 0.1) is 6.54 Å². The fourth-order valence-electron chi connectivity index (χ4n) is 2.11. The van der Waals surface area contributed by atoms with E-state index in [1.54, 1.807) is 18.2 Å². The normalized spacial score (nSPS) is 10.5.